The van der Waals surface area contributed by atoms with Crippen LogP contribution >= 0.6 is 11.5 Å². The molecule has 0 spiro atoms. The molecule has 22 heavy (non-hydrogen) atoms. The average Bonchev–Trinajstić information content (AvgIpc) is 3.19. The van der Waals surface area contributed by atoms with Gasteiger partial charge in [-0.1, -0.05) is 0 Å². The number of nitrogens with zero attached hydrogens (tertiary/aromatic N) is 4. The number of nitrogens with one attached hydrogen (secondary N) is 1. The second-order valence-corrected chi connectivity index (χ2v) is 6.53. The molecular formula is C15H21N5OS. The Kier molecular flexibility index (Phi) is 4.15. The molecule has 1 N–H and O–H groups in total. The quantitative estimate of drug-likeness (QED) is 0.939. The number of hydrogen-bond acceptors (Lipinski definition) is 5. The van der Waals surface area contributed by atoms with Crippen LogP contribution < -0.4 is 5.32 Å². The summed E-state index contributed by atoms with van der Waals surface area (Å²) in [5.74, 6) is 0.0852. The number of aromatic nitrogens is 3. The molecule has 1 atom stereocenters. The van der Waals surface area contributed by atoms with Gasteiger partial charge < -0.3 is 10.2 Å². The van der Waals surface area contributed by atoms with Crippen molar-refractivity contribution in [1.82, 2.24) is 19.1 Å². The van der Waals surface area contributed by atoms with Crippen molar-refractivity contribution in [3.05, 3.63) is 29.2 Å². The maximum atomic E-state index is 12.9. The third kappa shape index (κ3) is 2.72. The molecule has 2 aromatic heterocycles. The summed E-state index contributed by atoms with van der Waals surface area (Å²) in [5.41, 5.74) is 2.67. The van der Waals surface area contributed by atoms with Crippen LogP contribution in [0.4, 0.5) is 5.00 Å². The lowest BCUT2D eigenvalue weighted by Gasteiger charge is -2.25. The molecule has 1 saturated heterocycles. The average molecular weight is 319 g/mol. The number of carbonyl (C=O) groups is 1. The highest BCUT2D eigenvalue weighted by Crippen LogP contribution is 2.29. The van der Waals surface area contributed by atoms with E-state index in [1.165, 1.54) is 11.5 Å². The molecule has 3 rings (SSSR count). The van der Waals surface area contributed by atoms with E-state index in [4.69, 9.17) is 0 Å². The van der Waals surface area contributed by atoms with E-state index < -0.39 is 0 Å². The molecule has 1 aliphatic heterocycles. The van der Waals surface area contributed by atoms with Crippen molar-refractivity contribution in [1.29, 1.82) is 0 Å². The normalized spacial score (nSPS) is 18.0. The number of aryl methyl sites for hydroxylation is 2. The summed E-state index contributed by atoms with van der Waals surface area (Å²) in [5, 5.41) is 8.27. The van der Waals surface area contributed by atoms with E-state index in [-0.39, 0.29) is 11.9 Å². The maximum absolute atomic E-state index is 12.9. The standard InChI is InChI=1S/C15H21N5OS/c1-10-7-17-19(8-10)9-12-5-4-6-20(12)15(21)13-11(2)18-22-14(13)16-3/h7-8,12,16H,4-6,9H2,1-3H3/t12-/m0/s1. The van der Waals surface area contributed by atoms with Crippen LogP contribution in [0.25, 0.3) is 0 Å². The van der Waals surface area contributed by atoms with E-state index >= 15 is 0 Å². The van der Waals surface area contributed by atoms with Crippen molar-refractivity contribution < 1.29 is 4.79 Å². The minimum Gasteiger partial charge on any atom is -0.378 e. The van der Waals surface area contributed by atoms with Crippen LogP contribution in [0, 0.1) is 13.8 Å². The van der Waals surface area contributed by atoms with Crippen molar-refractivity contribution in [2.45, 2.75) is 39.3 Å². The van der Waals surface area contributed by atoms with E-state index in [2.05, 4.69) is 14.8 Å². The predicted octanol–water partition coefficient (Wildman–Crippen LogP) is 2.30. The summed E-state index contributed by atoms with van der Waals surface area (Å²) in [6.07, 6.45) is 5.95. The number of hydrogen-bond donors (Lipinski definition) is 1. The summed E-state index contributed by atoms with van der Waals surface area (Å²) < 4.78 is 6.24. The fraction of sp³-hybridized carbons (Fsp3) is 0.533. The van der Waals surface area contributed by atoms with Crippen LogP contribution in [0.2, 0.25) is 0 Å². The van der Waals surface area contributed by atoms with Gasteiger partial charge in [-0.3, -0.25) is 9.48 Å². The van der Waals surface area contributed by atoms with Gasteiger partial charge in [-0.05, 0) is 43.8 Å². The van der Waals surface area contributed by atoms with Gasteiger partial charge in [0.15, 0.2) is 0 Å². The Hall–Kier alpha value is -1.89. The van der Waals surface area contributed by atoms with Crippen molar-refractivity contribution in [2.24, 2.45) is 0 Å². The van der Waals surface area contributed by atoms with Crippen LogP contribution in [0.3, 0.4) is 0 Å². The minimum absolute atomic E-state index is 0.0852. The van der Waals surface area contributed by atoms with Crippen LogP contribution in [0.5, 0.6) is 0 Å². The van der Waals surface area contributed by atoms with Crippen LogP contribution in [-0.4, -0.2) is 44.6 Å². The van der Waals surface area contributed by atoms with Crippen molar-refractivity contribution in [3.63, 3.8) is 0 Å². The number of amides is 1. The Morgan fingerprint density at radius 2 is 2.32 bits per heavy atom. The zero-order valence-corrected chi connectivity index (χ0v) is 14.0. The Bertz CT molecular complexity index is 677. The summed E-state index contributed by atoms with van der Waals surface area (Å²) >= 11 is 1.35. The van der Waals surface area contributed by atoms with E-state index in [0.717, 1.165) is 47.8 Å². The fourth-order valence-electron chi connectivity index (χ4n) is 3.01. The summed E-state index contributed by atoms with van der Waals surface area (Å²) in [6, 6.07) is 0.204. The van der Waals surface area contributed by atoms with Crippen molar-refractivity contribution in [2.75, 3.05) is 18.9 Å². The van der Waals surface area contributed by atoms with Gasteiger partial charge in [0, 0.05) is 19.8 Å². The molecule has 0 saturated carbocycles. The zero-order chi connectivity index (χ0) is 15.7. The highest BCUT2D eigenvalue weighted by Gasteiger charge is 2.32. The summed E-state index contributed by atoms with van der Waals surface area (Å²) in [6.45, 7) is 5.49. The van der Waals surface area contributed by atoms with E-state index in [9.17, 15) is 4.79 Å². The largest absolute Gasteiger partial charge is 0.378 e. The molecule has 118 valence electrons. The molecule has 1 amide bonds. The SMILES string of the molecule is CNc1snc(C)c1C(=O)N1CCC[C@H]1Cn1cc(C)cn1. The Labute approximate surface area is 134 Å². The number of likely N-dealkylation sites (tertiary alicyclic amines) is 1. The first-order valence-electron chi connectivity index (χ1n) is 7.54. The smallest absolute Gasteiger partial charge is 0.259 e. The molecule has 0 bridgehead atoms. The first-order valence-corrected chi connectivity index (χ1v) is 8.31. The van der Waals surface area contributed by atoms with Gasteiger partial charge in [-0.25, -0.2) is 0 Å². The Morgan fingerprint density at radius 1 is 1.50 bits per heavy atom. The van der Waals surface area contributed by atoms with Gasteiger partial charge in [0.2, 0.25) is 0 Å². The molecule has 7 heteroatoms. The first kappa shape index (κ1) is 15.0. The van der Waals surface area contributed by atoms with E-state index in [1.54, 1.807) is 0 Å². The van der Waals surface area contributed by atoms with E-state index in [1.807, 2.05) is 42.9 Å². The molecule has 6 nitrogen and oxygen atoms in total. The van der Waals surface area contributed by atoms with Gasteiger partial charge in [0.1, 0.15) is 5.00 Å². The van der Waals surface area contributed by atoms with Crippen molar-refractivity contribution >= 4 is 22.4 Å². The molecule has 0 radical (unpaired) electrons. The topological polar surface area (TPSA) is 63.1 Å². The maximum Gasteiger partial charge on any atom is 0.259 e. The zero-order valence-electron chi connectivity index (χ0n) is 13.2. The second kappa shape index (κ2) is 6.08. The third-order valence-corrected chi connectivity index (χ3v) is 5.06. The summed E-state index contributed by atoms with van der Waals surface area (Å²) in [7, 11) is 1.83. The van der Waals surface area contributed by atoms with Crippen LogP contribution in [0.1, 0.15) is 34.5 Å². The summed E-state index contributed by atoms with van der Waals surface area (Å²) in [4.78, 5) is 14.9. The molecular weight excluding hydrogens is 298 g/mol. The number of anilines is 1. The Morgan fingerprint density at radius 3 is 3.00 bits per heavy atom. The van der Waals surface area contributed by atoms with Crippen molar-refractivity contribution in [3.8, 4) is 0 Å². The molecule has 0 unspecified atom stereocenters. The Balaban J connectivity index is 1.80. The highest BCUT2D eigenvalue weighted by molar-refractivity contribution is 7.10. The van der Waals surface area contributed by atoms with Crippen LogP contribution in [0.15, 0.2) is 12.4 Å². The lowest BCUT2D eigenvalue weighted by Crippen LogP contribution is -2.38. The molecule has 2 aromatic rings. The first-order chi connectivity index (χ1) is 10.6. The van der Waals surface area contributed by atoms with Gasteiger partial charge in [0.25, 0.3) is 5.91 Å². The lowest BCUT2D eigenvalue weighted by atomic mass is 10.2. The van der Waals surface area contributed by atoms with Gasteiger partial charge in [0.05, 0.1) is 30.0 Å². The molecule has 0 aromatic carbocycles. The fourth-order valence-corrected chi connectivity index (χ4v) is 3.75. The molecule has 1 aliphatic rings. The highest BCUT2D eigenvalue weighted by atomic mass is 32.1. The van der Waals surface area contributed by atoms with E-state index in [0.29, 0.717) is 0 Å². The third-order valence-electron chi connectivity index (χ3n) is 4.10. The monoisotopic (exact) mass is 319 g/mol. The van der Waals surface area contributed by atoms with Gasteiger partial charge in [-0.2, -0.15) is 9.47 Å². The second-order valence-electron chi connectivity index (χ2n) is 5.76. The molecule has 0 aliphatic carbocycles. The lowest BCUT2D eigenvalue weighted by molar-refractivity contribution is 0.0722. The van der Waals surface area contributed by atoms with Gasteiger partial charge in [-0.15, -0.1) is 0 Å². The number of rotatable bonds is 4. The molecule has 1 fully saturated rings. The van der Waals surface area contributed by atoms with Crippen LogP contribution in [-0.2, 0) is 6.54 Å². The van der Waals surface area contributed by atoms with Gasteiger partial charge >= 0.3 is 0 Å². The molecule has 3 heterocycles. The number of carbonyl (C=O) groups excluding carboxylic acids is 1. The predicted molar refractivity (Wildman–Crippen MR) is 87.4 cm³/mol. The minimum atomic E-state index is 0.0852.